The second-order valence-electron chi connectivity index (χ2n) is 11.1. The van der Waals surface area contributed by atoms with Gasteiger partial charge in [-0.15, -0.1) is 0 Å². The lowest BCUT2D eigenvalue weighted by Crippen LogP contribution is -2.83. The van der Waals surface area contributed by atoms with Crippen molar-refractivity contribution < 1.29 is 29.5 Å². The number of piperidine rings is 1. The summed E-state index contributed by atoms with van der Waals surface area (Å²) in [6.07, 6.45) is 2.77. The van der Waals surface area contributed by atoms with Crippen molar-refractivity contribution in [2.45, 2.75) is 80.2 Å². The molecule has 12 atom stereocenters. The third kappa shape index (κ3) is 1.80. The highest BCUT2D eigenvalue weighted by Gasteiger charge is 2.88. The molecule has 1 heterocycles. The first-order valence-corrected chi connectivity index (χ1v) is 11.8. The van der Waals surface area contributed by atoms with Gasteiger partial charge in [-0.2, -0.15) is 0 Å². The Morgan fingerprint density at radius 2 is 1.77 bits per heavy atom. The van der Waals surface area contributed by atoms with E-state index in [9.17, 15) is 15.3 Å². The van der Waals surface area contributed by atoms with Crippen LogP contribution in [0, 0.1) is 29.1 Å². The van der Waals surface area contributed by atoms with Gasteiger partial charge >= 0.3 is 0 Å². The Kier molecular flexibility index (Phi) is 4.06. The fourth-order valence-corrected chi connectivity index (χ4v) is 10.3. The van der Waals surface area contributed by atoms with Gasteiger partial charge in [0.2, 0.25) is 0 Å². The minimum Gasteiger partial charge on any atom is -0.388 e. The molecule has 0 amide bonds. The number of rotatable bonds is 4. The van der Waals surface area contributed by atoms with Crippen LogP contribution in [0.2, 0.25) is 0 Å². The molecule has 7 bridgehead atoms. The van der Waals surface area contributed by atoms with Gasteiger partial charge in [0, 0.05) is 63.5 Å². The average molecular weight is 424 g/mol. The molecule has 5 aliphatic carbocycles. The van der Waals surface area contributed by atoms with Crippen molar-refractivity contribution in [1.82, 2.24) is 4.90 Å². The summed E-state index contributed by atoms with van der Waals surface area (Å²) in [4.78, 5) is 2.40. The van der Waals surface area contributed by atoms with Gasteiger partial charge in [0.15, 0.2) is 0 Å². The van der Waals surface area contributed by atoms with Crippen LogP contribution in [-0.4, -0.2) is 95.8 Å². The van der Waals surface area contributed by atoms with Crippen LogP contribution in [0.15, 0.2) is 0 Å². The van der Waals surface area contributed by atoms with E-state index in [0.29, 0.717) is 13.0 Å². The molecule has 7 heteroatoms. The zero-order chi connectivity index (χ0) is 21.3. The van der Waals surface area contributed by atoms with Crippen molar-refractivity contribution >= 4 is 0 Å². The summed E-state index contributed by atoms with van der Waals surface area (Å²) in [5.41, 5.74) is -3.81. The SMILES string of the molecule is CCN1C[C@]2(O)CC[C@H](OC)[C@]34C1[C@H](C[C@H]23)[C@@]1(O)CC(OC)[C@H]2C[C@@H]4[C@]1(O)[C@H]2OC. The molecule has 2 unspecified atom stereocenters. The number of ether oxygens (including phenoxy) is 3. The van der Waals surface area contributed by atoms with Crippen LogP contribution < -0.4 is 0 Å². The molecule has 1 saturated heterocycles. The first-order chi connectivity index (χ1) is 14.3. The van der Waals surface area contributed by atoms with Crippen molar-refractivity contribution in [1.29, 1.82) is 0 Å². The summed E-state index contributed by atoms with van der Waals surface area (Å²) in [5.74, 6) is -0.262. The number of methoxy groups -OCH3 is 3. The quantitative estimate of drug-likeness (QED) is 0.603. The number of fused-ring (bicyclic) bond motifs is 2. The van der Waals surface area contributed by atoms with Gasteiger partial charge in [-0.25, -0.2) is 0 Å². The van der Waals surface area contributed by atoms with Crippen molar-refractivity contribution in [3.63, 3.8) is 0 Å². The monoisotopic (exact) mass is 423 g/mol. The van der Waals surface area contributed by atoms with Gasteiger partial charge < -0.3 is 29.5 Å². The number of aliphatic hydroxyl groups is 3. The predicted octanol–water partition coefficient (Wildman–Crippen LogP) is 0.399. The predicted molar refractivity (Wildman–Crippen MR) is 108 cm³/mol. The Balaban J connectivity index is 1.63. The van der Waals surface area contributed by atoms with Crippen molar-refractivity contribution in [3.05, 3.63) is 0 Å². The van der Waals surface area contributed by atoms with E-state index in [-0.39, 0.29) is 47.3 Å². The van der Waals surface area contributed by atoms with Gasteiger partial charge in [0.05, 0.1) is 23.9 Å². The van der Waals surface area contributed by atoms with Crippen LogP contribution in [0.4, 0.5) is 0 Å². The molecule has 1 aliphatic heterocycles. The van der Waals surface area contributed by atoms with Crippen LogP contribution in [0.25, 0.3) is 0 Å². The maximum absolute atomic E-state index is 12.4. The molecule has 6 fully saturated rings. The Labute approximate surface area is 178 Å². The van der Waals surface area contributed by atoms with Crippen LogP contribution in [-0.2, 0) is 14.2 Å². The second-order valence-corrected chi connectivity index (χ2v) is 11.1. The van der Waals surface area contributed by atoms with Gasteiger partial charge in [0.25, 0.3) is 0 Å². The van der Waals surface area contributed by atoms with E-state index >= 15 is 0 Å². The summed E-state index contributed by atoms with van der Waals surface area (Å²) in [5, 5.41) is 36.8. The standard InChI is InChI=1S/C23H37NO6/c1-5-24-11-20(25)7-6-17(29-3)22-15(20)9-13(18(22)24)21(26)10-14(28-2)12-8-16(22)23(21,27)19(12)30-4/h12-19,25-27H,5-11H2,1-4H3/t12-,13+,14?,15-,16+,17+,18?,19+,20-,21+,22+,23+/m1/s1. The molecule has 0 aromatic heterocycles. The zero-order valence-electron chi connectivity index (χ0n) is 18.6. The summed E-state index contributed by atoms with van der Waals surface area (Å²) < 4.78 is 18.0. The van der Waals surface area contributed by atoms with Gasteiger partial charge in [-0.1, -0.05) is 6.92 Å². The fraction of sp³-hybridized carbons (Fsp3) is 1.00. The van der Waals surface area contributed by atoms with E-state index < -0.39 is 22.9 Å². The first kappa shape index (κ1) is 20.3. The Morgan fingerprint density at radius 3 is 2.40 bits per heavy atom. The van der Waals surface area contributed by atoms with Crippen molar-refractivity contribution in [2.75, 3.05) is 34.4 Å². The van der Waals surface area contributed by atoms with Crippen molar-refractivity contribution in [3.8, 4) is 0 Å². The topological polar surface area (TPSA) is 91.6 Å². The number of β-amino-alcohol motifs (C(OH)–C–C–N with tert-alkyl or cyclic N) is 1. The van der Waals surface area contributed by atoms with Crippen LogP contribution >= 0.6 is 0 Å². The van der Waals surface area contributed by atoms with E-state index in [4.69, 9.17) is 14.2 Å². The van der Waals surface area contributed by atoms with Crippen LogP contribution in [0.1, 0.15) is 39.0 Å². The molecule has 6 rings (SSSR count). The van der Waals surface area contributed by atoms with Crippen LogP contribution in [0.3, 0.4) is 0 Å². The van der Waals surface area contributed by atoms with Gasteiger partial charge in [0.1, 0.15) is 11.2 Å². The van der Waals surface area contributed by atoms with Crippen LogP contribution in [0.5, 0.6) is 0 Å². The number of likely N-dealkylation sites (tertiary alicyclic amines) is 1. The molecular weight excluding hydrogens is 386 g/mol. The lowest BCUT2D eigenvalue weighted by molar-refractivity contribution is -0.338. The number of hydrogen-bond donors (Lipinski definition) is 3. The van der Waals surface area contributed by atoms with Crippen molar-refractivity contribution in [2.24, 2.45) is 29.1 Å². The Morgan fingerprint density at radius 1 is 1.00 bits per heavy atom. The highest BCUT2D eigenvalue weighted by Crippen LogP contribution is 2.78. The van der Waals surface area contributed by atoms with E-state index in [2.05, 4.69) is 11.8 Å². The molecule has 30 heavy (non-hydrogen) atoms. The maximum atomic E-state index is 12.4. The van der Waals surface area contributed by atoms with Gasteiger partial charge in [-0.3, -0.25) is 4.90 Å². The molecule has 6 aliphatic rings. The lowest BCUT2D eigenvalue weighted by atomic mass is 9.44. The molecule has 5 saturated carbocycles. The molecule has 0 aromatic rings. The molecule has 1 spiro atoms. The smallest absolute Gasteiger partial charge is 0.124 e. The minimum absolute atomic E-state index is 0.0300. The van der Waals surface area contributed by atoms with E-state index in [0.717, 1.165) is 32.2 Å². The average Bonchev–Trinajstić information content (AvgIpc) is 3.16. The highest BCUT2D eigenvalue weighted by atomic mass is 16.5. The third-order valence-corrected chi connectivity index (χ3v) is 10.9. The molecule has 7 nitrogen and oxygen atoms in total. The van der Waals surface area contributed by atoms with E-state index in [1.807, 2.05) is 0 Å². The third-order valence-electron chi connectivity index (χ3n) is 10.9. The highest BCUT2D eigenvalue weighted by molar-refractivity contribution is 5.38. The number of nitrogens with zero attached hydrogens (tertiary/aromatic N) is 1. The lowest BCUT2D eigenvalue weighted by Gasteiger charge is -2.70. The molecule has 0 radical (unpaired) electrons. The fourth-order valence-electron chi connectivity index (χ4n) is 10.3. The summed E-state index contributed by atoms with van der Waals surface area (Å²) >= 11 is 0. The number of likely N-dealkylation sites (N-methyl/N-ethyl adjacent to an activating group) is 1. The van der Waals surface area contributed by atoms with Gasteiger partial charge in [-0.05, 0) is 38.1 Å². The molecule has 3 N–H and O–H groups in total. The maximum Gasteiger partial charge on any atom is 0.124 e. The van der Waals surface area contributed by atoms with E-state index in [1.54, 1.807) is 21.3 Å². The largest absolute Gasteiger partial charge is 0.388 e. The minimum atomic E-state index is -1.34. The molecule has 0 aromatic carbocycles. The number of hydrogen-bond acceptors (Lipinski definition) is 7. The van der Waals surface area contributed by atoms with E-state index in [1.165, 1.54) is 0 Å². The zero-order valence-corrected chi connectivity index (χ0v) is 18.6. The Bertz CT molecular complexity index is 751. The first-order valence-electron chi connectivity index (χ1n) is 11.8. The molecular formula is C23H37NO6. The normalized spacial score (nSPS) is 63.3. The summed E-state index contributed by atoms with van der Waals surface area (Å²) in [6, 6.07) is 0.0974. The summed E-state index contributed by atoms with van der Waals surface area (Å²) in [7, 11) is 5.13. The second kappa shape index (κ2) is 5.99. The molecule has 170 valence electrons. The summed E-state index contributed by atoms with van der Waals surface area (Å²) in [6.45, 7) is 3.62. The Hall–Kier alpha value is -0.280.